The molecule has 2 aromatic heterocycles. The maximum Gasteiger partial charge on any atom is 0.239 e. The summed E-state index contributed by atoms with van der Waals surface area (Å²) in [6, 6.07) is 0. The van der Waals surface area contributed by atoms with Gasteiger partial charge in [0, 0.05) is 6.42 Å². The van der Waals surface area contributed by atoms with Gasteiger partial charge >= 0.3 is 0 Å². The predicted molar refractivity (Wildman–Crippen MR) is 78.9 cm³/mol. The van der Waals surface area contributed by atoms with Crippen molar-refractivity contribution < 1.29 is 4.52 Å². The Balaban J connectivity index is 1.96. The van der Waals surface area contributed by atoms with E-state index in [1.165, 1.54) is 0 Å². The number of rotatable bonds is 7. The van der Waals surface area contributed by atoms with Crippen LogP contribution in [0, 0.1) is 0 Å². The summed E-state index contributed by atoms with van der Waals surface area (Å²) < 4.78 is 7.23. The molecule has 0 aliphatic rings. The van der Waals surface area contributed by atoms with Crippen LogP contribution in [0.2, 0.25) is 0 Å². The summed E-state index contributed by atoms with van der Waals surface area (Å²) in [4.78, 5) is 4.39. The molecule has 0 bridgehead atoms. The molecular weight excluding hydrogens is 300 g/mol. The molecule has 0 aliphatic heterocycles. The largest absolute Gasteiger partial charge is 0.338 e. The third-order valence-corrected chi connectivity index (χ3v) is 5.35. The number of nitrogens with zero attached hydrogens (tertiary/aromatic N) is 4. The maximum absolute atomic E-state index is 5.27. The molecule has 0 aliphatic carbocycles. The minimum absolute atomic E-state index is 0.102. The highest BCUT2D eigenvalue weighted by Crippen LogP contribution is 2.37. The van der Waals surface area contributed by atoms with Gasteiger partial charge in [-0.15, -0.1) is 10.2 Å². The Bertz CT molecular complexity index is 514. The molecule has 2 aromatic rings. The van der Waals surface area contributed by atoms with Crippen LogP contribution in [-0.2, 0) is 6.42 Å². The quantitative estimate of drug-likeness (QED) is 0.719. The van der Waals surface area contributed by atoms with Crippen molar-refractivity contribution in [3.63, 3.8) is 0 Å². The van der Waals surface area contributed by atoms with E-state index in [0.717, 1.165) is 33.1 Å². The highest BCUT2D eigenvalue weighted by Gasteiger charge is 2.17. The minimum atomic E-state index is 0.102. The van der Waals surface area contributed by atoms with Gasteiger partial charge in [0.05, 0.1) is 5.25 Å². The molecule has 0 amide bonds. The van der Waals surface area contributed by atoms with Crippen LogP contribution < -0.4 is 0 Å². The van der Waals surface area contributed by atoms with Gasteiger partial charge in [0.1, 0.15) is 0 Å². The molecule has 0 radical (unpaired) electrons. The van der Waals surface area contributed by atoms with E-state index in [-0.39, 0.29) is 5.25 Å². The molecule has 0 N–H and O–H groups in total. The second-order valence-electron chi connectivity index (χ2n) is 3.83. The summed E-state index contributed by atoms with van der Waals surface area (Å²) >= 11 is 4.93. The fourth-order valence-electron chi connectivity index (χ4n) is 1.39. The average molecular weight is 316 g/mol. The Morgan fingerprint density at radius 2 is 2.05 bits per heavy atom. The number of aromatic nitrogens is 4. The van der Waals surface area contributed by atoms with E-state index in [1.54, 1.807) is 34.9 Å². The van der Waals surface area contributed by atoms with Gasteiger partial charge < -0.3 is 4.52 Å². The lowest BCUT2D eigenvalue weighted by atomic mass is 10.3. The van der Waals surface area contributed by atoms with E-state index in [4.69, 9.17) is 4.52 Å². The molecule has 0 aromatic carbocycles. The molecule has 2 rings (SSSR count). The molecule has 0 saturated carbocycles. The summed E-state index contributed by atoms with van der Waals surface area (Å²) in [5.41, 5.74) is 0. The van der Waals surface area contributed by atoms with E-state index in [1.807, 2.05) is 6.92 Å². The zero-order chi connectivity index (χ0) is 13.7. The average Bonchev–Trinajstić information content (AvgIpc) is 3.00. The first-order valence-electron chi connectivity index (χ1n) is 6.18. The van der Waals surface area contributed by atoms with Gasteiger partial charge in [-0.1, -0.05) is 53.9 Å². The Kier molecular flexibility index (Phi) is 5.65. The lowest BCUT2D eigenvalue weighted by Gasteiger charge is -2.01. The first-order chi connectivity index (χ1) is 9.22. The van der Waals surface area contributed by atoms with Gasteiger partial charge in [0.25, 0.3) is 0 Å². The topological polar surface area (TPSA) is 64.7 Å². The van der Waals surface area contributed by atoms with Crippen molar-refractivity contribution in [1.29, 1.82) is 0 Å². The zero-order valence-corrected chi connectivity index (χ0v) is 13.6. The lowest BCUT2D eigenvalue weighted by Crippen LogP contribution is -1.90. The normalized spacial score (nSPS) is 12.8. The summed E-state index contributed by atoms with van der Waals surface area (Å²) in [5, 5.41) is 12.4. The molecule has 8 heteroatoms. The second-order valence-corrected chi connectivity index (χ2v) is 7.90. The van der Waals surface area contributed by atoms with Gasteiger partial charge in [-0.3, -0.25) is 0 Å². The highest BCUT2D eigenvalue weighted by molar-refractivity contribution is 8.03. The van der Waals surface area contributed by atoms with Crippen LogP contribution in [0.25, 0.3) is 0 Å². The van der Waals surface area contributed by atoms with Crippen LogP contribution in [0.4, 0.5) is 0 Å². The Hall–Kier alpha value is -0.600. The lowest BCUT2D eigenvalue weighted by molar-refractivity contribution is 0.374. The first-order valence-corrected chi connectivity index (χ1v) is 8.86. The molecule has 19 heavy (non-hydrogen) atoms. The van der Waals surface area contributed by atoms with Crippen LogP contribution >= 0.6 is 34.9 Å². The van der Waals surface area contributed by atoms with Crippen LogP contribution in [0.15, 0.2) is 13.2 Å². The standard InChI is InChI=1S/C11H16N4OS3/c1-4-6-8-12-9(16-15-8)7(3)18-11-14-13-10(19-11)17-5-2/h7H,4-6H2,1-3H3. The van der Waals surface area contributed by atoms with Gasteiger partial charge in [-0.2, -0.15) is 4.98 Å². The van der Waals surface area contributed by atoms with Crippen molar-refractivity contribution in [1.82, 2.24) is 20.3 Å². The van der Waals surface area contributed by atoms with Crippen LogP contribution in [0.5, 0.6) is 0 Å². The van der Waals surface area contributed by atoms with Crippen LogP contribution in [-0.4, -0.2) is 26.1 Å². The fourth-order valence-corrected chi connectivity index (χ4v) is 4.48. The maximum atomic E-state index is 5.27. The molecule has 0 fully saturated rings. The molecule has 104 valence electrons. The first kappa shape index (κ1) is 14.8. The summed E-state index contributed by atoms with van der Waals surface area (Å²) in [6.07, 6.45) is 1.88. The van der Waals surface area contributed by atoms with Crippen molar-refractivity contribution in [2.45, 2.75) is 47.5 Å². The zero-order valence-electron chi connectivity index (χ0n) is 11.1. The van der Waals surface area contributed by atoms with Crippen molar-refractivity contribution in [3.05, 3.63) is 11.7 Å². The summed E-state index contributed by atoms with van der Waals surface area (Å²) in [6.45, 7) is 6.25. The van der Waals surface area contributed by atoms with Crippen molar-refractivity contribution >= 4 is 34.9 Å². The number of hydrogen-bond donors (Lipinski definition) is 0. The Morgan fingerprint density at radius 3 is 2.79 bits per heavy atom. The third kappa shape index (κ3) is 4.19. The molecular formula is C11H16N4OS3. The third-order valence-electron chi connectivity index (χ3n) is 2.24. The molecule has 0 spiro atoms. The summed E-state index contributed by atoms with van der Waals surface area (Å²) in [7, 11) is 0. The SMILES string of the molecule is CCCc1noc(C(C)Sc2nnc(SCC)s2)n1. The van der Waals surface area contributed by atoms with Gasteiger partial charge in [-0.25, -0.2) is 0 Å². The Morgan fingerprint density at radius 1 is 1.26 bits per heavy atom. The van der Waals surface area contributed by atoms with E-state index >= 15 is 0 Å². The molecule has 1 unspecified atom stereocenters. The highest BCUT2D eigenvalue weighted by atomic mass is 32.2. The summed E-state index contributed by atoms with van der Waals surface area (Å²) in [5.74, 6) is 2.46. The van der Waals surface area contributed by atoms with Crippen molar-refractivity contribution in [2.75, 3.05) is 5.75 Å². The molecule has 2 heterocycles. The molecule has 0 saturated heterocycles. The number of hydrogen-bond acceptors (Lipinski definition) is 8. The number of thioether (sulfide) groups is 2. The smallest absolute Gasteiger partial charge is 0.239 e. The minimum Gasteiger partial charge on any atom is -0.338 e. The Labute approximate surface area is 125 Å². The van der Waals surface area contributed by atoms with Crippen molar-refractivity contribution in [3.8, 4) is 0 Å². The van der Waals surface area contributed by atoms with E-state index in [9.17, 15) is 0 Å². The second kappa shape index (κ2) is 7.25. The van der Waals surface area contributed by atoms with E-state index in [0.29, 0.717) is 5.89 Å². The molecule has 1 atom stereocenters. The van der Waals surface area contributed by atoms with Gasteiger partial charge in [0.2, 0.25) is 5.89 Å². The van der Waals surface area contributed by atoms with E-state index in [2.05, 4.69) is 34.2 Å². The monoisotopic (exact) mass is 316 g/mol. The van der Waals surface area contributed by atoms with Gasteiger partial charge in [0.15, 0.2) is 14.5 Å². The van der Waals surface area contributed by atoms with Crippen LogP contribution in [0.1, 0.15) is 44.2 Å². The predicted octanol–water partition coefficient (Wildman–Crippen LogP) is 3.84. The van der Waals surface area contributed by atoms with Crippen molar-refractivity contribution in [2.24, 2.45) is 0 Å². The van der Waals surface area contributed by atoms with E-state index < -0.39 is 0 Å². The molecule has 5 nitrogen and oxygen atoms in total. The number of aryl methyl sites for hydroxylation is 1. The van der Waals surface area contributed by atoms with Gasteiger partial charge in [-0.05, 0) is 19.1 Å². The fraction of sp³-hybridized carbons (Fsp3) is 0.636. The van der Waals surface area contributed by atoms with Crippen LogP contribution in [0.3, 0.4) is 0 Å².